The zero-order valence-electron chi connectivity index (χ0n) is 7.82. The lowest BCUT2D eigenvalue weighted by atomic mass is 9.85. The van der Waals surface area contributed by atoms with Crippen molar-refractivity contribution in [1.29, 1.82) is 0 Å². The summed E-state index contributed by atoms with van der Waals surface area (Å²) >= 11 is 3.48. The number of nitrogens with one attached hydrogen (secondary N) is 1. The van der Waals surface area contributed by atoms with Crippen molar-refractivity contribution in [2.45, 2.75) is 19.3 Å². The lowest BCUT2D eigenvalue weighted by Gasteiger charge is -2.19. The van der Waals surface area contributed by atoms with Crippen LogP contribution in [0.3, 0.4) is 0 Å². The van der Waals surface area contributed by atoms with Gasteiger partial charge in [-0.1, -0.05) is 36.4 Å². The second-order valence-corrected chi connectivity index (χ2v) is 4.83. The van der Waals surface area contributed by atoms with Crippen LogP contribution in [0.25, 0.3) is 0 Å². The van der Waals surface area contributed by atoms with Crippen LogP contribution in [-0.2, 0) is 5.41 Å². The molecule has 0 radical (unpaired) electrons. The molecule has 0 saturated heterocycles. The van der Waals surface area contributed by atoms with Gasteiger partial charge < -0.3 is 5.32 Å². The van der Waals surface area contributed by atoms with Crippen LogP contribution in [-0.4, -0.2) is 0 Å². The van der Waals surface area contributed by atoms with Crippen molar-refractivity contribution in [1.82, 2.24) is 0 Å². The highest BCUT2D eigenvalue weighted by Crippen LogP contribution is 2.43. The lowest BCUT2D eigenvalue weighted by molar-refractivity contribution is 0.656. The zero-order chi connectivity index (χ0) is 9.64. The zero-order valence-corrected chi connectivity index (χ0v) is 9.40. The summed E-state index contributed by atoms with van der Waals surface area (Å²) in [6.07, 6.45) is 0. The summed E-state index contributed by atoms with van der Waals surface area (Å²) in [5.74, 6) is 0. The highest BCUT2D eigenvalue weighted by molar-refractivity contribution is 9.10. The van der Waals surface area contributed by atoms with Crippen molar-refractivity contribution < 1.29 is 0 Å². The van der Waals surface area contributed by atoms with Crippen LogP contribution in [0.5, 0.6) is 0 Å². The fraction of sp³-hybridized carbons (Fsp3) is 0.273. The van der Waals surface area contributed by atoms with Gasteiger partial charge in [-0.3, -0.25) is 0 Å². The van der Waals surface area contributed by atoms with Gasteiger partial charge in [0.05, 0.1) is 0 Å². The van der Waals surface area contributed by atoms with Crippen molar-refractivity contribution in [2.75, 3.05) is 5.32 Å². The SMILES string of the molecule is C=C1Nc2ccc(Br)cc2C1(C)C. The summed E-state index contributed by atoms with van der Waals surface area (Å²) in [5.41, 5.74) is 3.60. The molecule has 1 aliphatic heterocycles. The molecule has 0 amide bonds. The van der Waals surface area contributed by atoms with E-state index >= 15 is 0 Å². The molecule has 1 aliphatic rings. The standard InChI is InChI=1S/C11H12BrN/c1-7-11(2,3)9-6-8(12)4-5-10(9)13-7/h4-6,13H,1H2,2-3H3. The molecule has 13 heavy (non-hydrogen) atoms. The second-order valence-electron chi connectivity index (χ2n) is 3.92. The third kappa shape index (κ3) is 1.20. The molecule has 0 saturated carbocycles. The minimum Gasteiger partial charge on any atom is -0.358 e. The number of benzene rings is 1. The van der Waals surface area contributed by atoms with E-state index in [-0.39, 0.29) is 5.41 Å². The molecule has 0 atom stereocenters. The van der Waals surface area contributed by atoms with E-state index in [2.05, 4.69) is 53.8 Å². The minimum absolute atomic E-state index is 0.0408. The molecular weight excluding hydrogens is 226 g/mol. The van der Waals surface area contributed by atoms with Crippen molar-refractivity contribution in [2.24, 2.45) is 0 Å². The average Bonchev–Trinajstić information content (AvgIpc) is 2.27. The predicted octanol–water partition coefficient (Wildman–Crippen LogP) is 3.67. The fourth-order valence-electron chi connectivity index (χ4n) is 1.62. The van der Waals surface area contributed by atoms with Crippen molar-refractivity contribution in [3.63, 3.8) is 0 Å². The maximum atomic E-state index is 4.02. The molecule has 0 bridgehead atoms. The Hall–Kier alpha value is -0.760. The van der Waals surface area contributed by atoms with E-state index in [1.165, 1.54) is 11.3 Å². The Labute approximate surface area is 87.0 Å². The van der Waals surface area contributed by atoms with E-state index in [1.54, 1.807) is 0 Å². The third-order valence-corrected chi connectivity index (χ3v) is 3.19. The molecule has 0 aromatic heterocycles. The van der Waals surface area contributed by atoms with Crippen LogP contribution in [0.2, 0.25) is 0 Å². The summed E-state index contributed by atoms with van der Waals surface area (Å²) in [4.78, 5) is 0. The van der Waals surface area contributed by atoms with Crippen molar-refractivity contribution in [3.05, 3.63) is 40.5 Å². The van der Waals surface area contributed by atoms with Crippen LogP contribution >= 0.6 is 15.9 Å². The van der Waals surface area contributed by atoms with E-state index in [0.29, 0.717) is 0 Å². The summed E-state index contributed by atoms with van der Waals surface area (Å²) < 4.78 is 1.12. The van der Waals surface area contributed by atoms with Gasteiger partial charge in [-0.2, -0.15) is 0 Å². The number of hydrogen-bond acceptors (Lipinski definition) is 1. The Morgan fingerprint density at radius 3 is 2.77 bits per heavy atom. The van der Waals surface area contributed by atoms with Gasteiger partial charge in [0.25, 0.3) is 0 Å². The van der Waals surface area contributed by atoms with Gasteiger partial charge in [0.15, 0.2) is 0 Å². The molecular formula is C11H12BrN. The Morgan fingerprint density at radius 2 is 2.08 bits per heavy atom. The second kappa shape index (κ2) is 2.61. The average molecular weight is 238 g/mol. The topological polar surface area (TPSA) is 12.0 Å². The first-order chi connectivity index (χ1) is 6.01. The first kappa shape index (κ1) is 8.82. The summed E-state index contributed by atoms with van der Waals surface area (Å²) in [6.45, 7) is 8.39. The van der Waals surface area contributed by atoms with Gasteiger partial charge in [0.2, 0.25) is 0 Å². The highest BCUT2D eigenvalue weighted by atomic mass is 79.9. The molecule has 2 rings (SSSR count). The third-order valence-electron chi connectivity index (χ3n) is 2.69. The van der Waals surface area contributed by atoms with E-state index < -0.39 is 0 Å². The maximum absolute atomic E-state index is 4.02. The van der Waals surface area contributed by atoms with E-state index in [0.717, 1.165) is 10.2 Å². The van der Waals surface area contributed by atoms with E-state index in [4.69, 9.17) is 0 Å². The van der Waals surface area contributed by atoms with Gasteiger partial charge in [-0.05, 0) is 23.8 Å². The van der Waals surface area contributed by atoms with Crippen molar-refractivity contribution in [3.8, 4) is 0 Å². The molecule has 0 aliphatic carbocycles. The number of anilines is 1. The molecule has 1 aromatic carbocycles. The number of allylic oxidation sites excluding steroid dienone is 1. The number of rotatable bonds is 0. The molecule has 2 heteroatoms. The first-order valence-corrected chi connectivity index (χ1v) is 5.07. The smallest absolute Gasteiger partial charge is 0.0424 e. The molecule has 1 N–H and O–H groups in total. The first-order valence-electron chi connectivity index (χ1n) is 4.28. The van der Waals surface area contributed by atoms with E-state index in [9.17, 15) is 0 Å². The fourth-order valence-corrected chi connectivity index (χ4v) is 1.99. The Bertz CT molecular complexity index is 380. The molecule has 1 aromatic rings. The molecule has 0 unspecified atom stereocenters. The van der Waals surface area contributed by atoms with Gasteiger partial charge in [-0.15, -0.1) is 0 Å². The van der Waals surface area contributed by atoms with Crippen LogP contribution in [0.15, 0.2) is 34.9 Å². The van der Waals surface area contributed by atoms with Gasteiger partial charge >= 0.3 is 0 Å². The summed E-state index contributed by atoms with van der Waals surface area (Å²) in [5, 5.41) is 3.30. The predicted molar refractivity (Wildman–Crippen MR) is 59.9 cm³/mol. The summed E-state index contributed by atoms with van der Waals surface area (Å²) in [6, 6.07) is 6.28. The molecule has 68 valence electrons. The van der Waals surface area contributed by atoms with Gasteiger partial charge in [0.1, 0.15) is 0 Å². The lowest BCUT2D eigenvalue weighted by Crippen LogP contribution is -2.15. The Morgan fingerprint density at radius 1 is 1.38 bits per heavy atom. The quantitative estimate of drug-likeness (QED) is 0.727. The minimum atomic E-state index is 0.0408. The highest BCUT2D eigenvalue weighted by Gasteiger charge is 2.33. The molecule has 1 nitrogen and oxygen atoms in total. The van der Waals surface area contributed by atoms with Crippen LogP contribution in [0.4, 0.5) is 5.69 Å². The van der Waals surface area contributed by atoms with Crippen LogP contribution in [0, 0.1) is 0 Å². The molecule has 0 spiro atoms. The normalized spacial score (nSPS) is 18.2. The number of hydrogen-bond donors (Lipinski definition) is 1. The van der Waals surface area contributed by atoms with Gasteiger partial charge in [0, 0.05) is 21.3 Å². The van der Waals surface area contributed by atoms with E-state index in [1.807, 2.05) is 6.07 Å². The largest absolute Gasteiger partial charge is 0.358 e. The summed E-state index contributed by atoms with van der Waals surface area (Å²) in [7, 11) is 0. The Balaban J connectivity index is 2.64. The maximum Gasteiger partial charge on any atom is 0.0424 e. The number of fused-ring (bicyclic) bond motifs is 1. The molecule has 1 heterocycles. The van der Waals surface area contributed by atoms with Crippen LogP contribution in [0.1, 0.15) is 19.4 Å². The van der Waals surface area contributed by atoms with Crippen LogP contribution < -0.4 is 5.32 Å². The monoisotopic (exact) mass is 237 g/mol. The molecule has 0 fully saturated rings. The van der Waals surface area contributed by atoms with Crippen molar-refractivity contribution >= 4 is 21.6 Å². The Kier molecular flexibility index (Phi) is 1.77. The number of halogens is 1. The van der Waals surface area contributed by atoms with Gasteiger partial charge in [-0.25, -0.2) is 0 Å².